The van der Waals surface area contributed by atoms with Gasteiger partial charge in [0.1, 0.15) is 0 Å². The lowest BCUT2D eigenvalue weighted by atomic mass is 9.92. The largest absolute Gasteiger partial charge is 0.465 e. The van der Waals surface area contributed by atoms with Crippen LogP contribution in [0.15, 0.2) is 24.3 Å². The predicted octanol–water partition coefficient (Wildman–Crippen LogP) is 5.35. The van der Waals surface area contributed by atoms with Crippen molar-refractivity contribution in [2.24, 2.45) is 5.92 Å². The maximum absolute atomic E-state index is 13.1. The summed E-state index contributed by atoms with van der Waals surface area (Å²) in [6.07, 6.45) is 2.80. The minimum atomic E-state index is -1.09. The number of urea groups is 1. The van der Waals surface area contributed by atoms with Crippen LogP contribution in [-0.2, 0) is 13.0 Å². The number of rotatable bonds is 6. The molecule has 3 N–H and O–H groups in total. The molecule has 1 saturated heterocycles. The Balaban J connectivity index is 2.14. The van der Waals surface area contributed by atoms with Gasteiger partial charge in [-0.3, -0.25) is 4.98 Å². The van der Waals surface area contributed by atoms with Gasteiger partial charge in [0.2, 0.25) is 0 Å². The molecule has 1 aliphatic heterocycles. The van der Waals surface area contributed by atoms with Crippen molar-refractivity contribution in [3.63, 3.8) is 0 Å². The van der Waals surface area contributed by atoms with Crippen molar-refractivity contribution in [3.05, 3.63) is 46.8 Å². The molecule has 0 bridgehead atoms. The molecule has 0 radical (unpaired) electrons. The predicted molar refractivity (Wildman–Crippen MR) is 127 cm³/mol. The van der Waals surface area contributed by atoms with Crippen LogP contribution >= 0.6 is 0 Å². The number of pyridine rings is 1. The Morgan fingerprint density at radius 3 is 2.34 bits per heavy atom. The maximum Gasteiger partial charge on any atom is 0.404 e. The van der Waals surface area contributed by atoms with E-state index in [4.69, 9.17) is 4.98 Å². The molecule has 3 rings (SSSR count). The molecule has 1 fully saturated rings. The third-order valence-corrected chi connectivity index (χ3v) is 5.80. The Bertz CT molecular complexity index is 964. The van der Waals surface area contributed by atoms with Crippen molar-refractivity contribution < 1.29 is 14.7 Å². The van der Waals surface area contributed by atoms with Gasteiger partial charge in [0.05, 0.1) is 11.4 Å². The fraction of sp³-hybridized carbons (Fsp3) is 0.480. The molecule has 0 unspecified atom stereocenters. The number of likely N-dealkylation sites (tertiary alicyclic amines) is 1. The number of nitrogens with zero attached hydrogens (tertiary/aromatic N) is 2. The lowest BCUT2D eigenvalue weighted by molar-refractivity contribution is 0.193. The second-order valence-electron chi connectivity index (χ2n) is 8.97. The van der Waals surface area contributed by atoms with Crippen LogP contribution in [-0.4, -0.2) is 40.2 Å². The summed E-state index contributed by atoms with van der Waals surface area (Å²) in [6, 6.07) is 7.96. The van der Waals surface area contributed by atoms with Gasteiger partial charge in [0, 0.05) is 36.5 Å². The SMILES string of the molecule is Cc1ccc(-c2c(CNC(=O)O)c(CC(C)C)nc(C)c2NC(=O)N2CCCCC2)cc1. The number of piperidine rings is 1. The lowest BCUT2D eigenvalue weighted by Gasteiger charge is -2.28. The summed E-state index contributed by atoms with van der Waals surface area (Å²) in [5, 5.41) is 14.9. The highest BCUT2D eigenvalue weighted by Gasteiger charge is 2.24. The molecular weight excluding hydrogens is 404 g/mol. The molecule has 2 heterocycles. The van der Waals surface area contributed by atoms with Gasteiger partial charge in [-0.15, -0.1) is 0 Å². The van der Waals surface area contributed by atoms with Crippen LogP contribution < -0.4 is 10.6 Å². The monoisotopic (exact) mass is 438 g/mol. The van der Waals surface area contributed by atoms with Gasteiger partial charge in [0.15, 0.2) is 0 Å². The van der Waals surface area contributed by atoms with Crippen molar-refractivity contribution in [2.75, 3.05) is 18.4 Å². The third-order valence-electron chi connectivity index (χ3n) is 5.80. The summed E-state index contributed by atoms with van der Waals surface area (Å²) < 4.78 is 0. The number of hydrogen-bond donors (Lipinski definition) is 3. The molecule has 32 heavy (non-hydrogen) atoms. The number of carbonyl (C=O) groups excluding carboxylic acids is 1. The van der Waals surface area contributed by atoms with E-state index in [1.54, 1.807) is 0 Å². The zero-order chi connectivity index (χ0) is 23.3. The van der Waals surface area contributed by atoms with E-state index in [2.05, 4.69) is 24.5 Å². The normalized spacial score (nSPS) is 13.8. The highest BCUT2D eigenvalue weighted by atomic mass is 16.4. The van der Waals surface area contributed by atoms with Crippen molar-refractivity contribution >= 4 is 17.8 Å². The van der Waals surface area contributed by atoms with Crippen LogP contribution in [0.3, 0.4) is 0 Å². The number of nitrogens with one attached hydrogen (secondary N) is 2. The highest BCUT2D eigenvalue weighted by Crippen LogP contribution is 2.36. The summed E-state index contributed by atoms with van der Waals surface area (Å²) in [5.74, 6) is 0.352. The number of hydrogen-bond acceptors (Lipinski definition) is 3. The molecule has 7 heteroatoms. The third kappa shape index (κ3) is 5.78. The van der Waals surface area contributed by atoms with E-state index in [1.165, 1.54) is 0 Å². The van der Waals surface area contributed by atoms with E-state index in [9.17, 15) is 14.7 Å². The summed E-state index contributed by atoms with van der Waals surface area (Å²) in [6.45, 7) is 9.78. The molecule has 1 aromatic heterocycles. The molecular formula is C25H34N4O3. The fourth-order valence-corrected chi connectivity index (χ4v) is 4.19. The smallest absolute Gasteiger partial charge is 0.404 e. The van der Waals surface area contributed by atoms with Gasteiger partial charge in [-0.2, -0.15) is 0 Å². The first-order valence-electron chi connectivity index (χ1n) is 11.4. The summed E-state index contributed by atoms with van der Waals surface area (Å²) in [4.78, 5) is 31.1. The van der Waals surface area contributed by atoms with E-state index >= 15 is 0 Å². The molecule has 0 aliphatic carbocycles. The summed E-state index contributed by atoms with van der Waals surface area (Å²) in [7, 11) is 0. The second kappa shape index (κ2) is 10.5. The zero-order valence-corrected chi connectivity index (χ0v) is 19.5. The van der Waals surface area contributed by atoms with Gasteiger partial charge >= 0.3 is 12.1 Å². The van der Waals surface area contributed by atoms with E-state index in [0.717, 1.165) is 72.4 Å². The van der Waals surface area contributed by atoms with Crippen LogP contribution in [0.4, 0.5) is 15.3 Å². The summed E-state index contributed by atoms with van der Waals surface area (Å²) >= 11 is 0. The molecule has 0 saturated carbocycles. The molecule has 172 valence electrons. The maximum atomic E-state index is 13.1. The van der Waals surface area contributed by atoms with Crippen molar-refractivity contribution in [2.45, 2.75) is 59.9 Å². The summed E-state index contributed by atoms with van der Waals surface area (Å²) in [5.41, 5.74) is 5.96. The van der Waals surface area contributed by atoms with Gasteiger partial charge in [0.25, 0.3) is 0 Å². The Morgan fingerprint density at radius 1 is 1.09 bits per heavy atom. The molecule has 1 aromatic carbocycles. The minimum absolute atomic E-state index is 0.125. The average Bonchev–Trinajstić information content (AvgIpc) is 2.75. The Labute approximate surface area is 190 Å². The number of benzene rings is 1. The molecule has 7 nitrogen and oxygen atoms in total. The van der Waals surface area contributed by atoms with Crippen LogP contribution in [0.2, 0.25) is 0 Å². The topological polar surface area (TPSA) is 94.6 Å². The fourth-order valence-electron chi connectivity index (χ4n) is 4.19. The quantitative estimate of drug-likeness (QED) is 0.567. The molecule has 1 aliphatic rings. The molecule has 2 aromatic rings. The van der Waals surface area contributed by atoms with Crippen LogP contribution in [0, 0.1) is 19.8 Å². The first-order valence-corrected chi connectivity index (χ1v) is 11.4. The van der Waals surface area contributed by atoms with Gasteiger partial charge in [-0.25, -0.2) is 9.59 Å². The Hall–Kier alpha value is -3.09. The van der Waals surface area contributed by atoms with Crippen molar-refractivity contribution in [1.29, 1.82) is 0 Å². The molecule has 0 spiro atoms. The minimum Gasteiger partial charge on any atom is -0.465 e. The van der Waals surface area contributed by atoms with E-state index < -0.39 is 6.09 Å². The van der Waals surface area contributed by atoms with E-state index in [0.29, 0.717) is 11.6 Å². The first-order chi connectivity index (χ1) is 15.3. The number of carboxylic acid groups (broad SMARTS) is 1. The Morgan fingerprint density at radius 2 is 1.75 bits per heavy atom. The molecule has 0 atom stereocenters. The van der Waals surface area contributed by atoms with Crippen molar-refractivity contribution in [3.8, 4) is 11.1 Å². The number of aromatic nitrogens is 1. The van der Waals surface area contributed by atoms with Crippen molar-refractivity contribution in [1.82, 2.24) is 15.2 Å². The average molecular weight is 439 g/mol. The number of carbonyl (C=O) groups is 2. The lowest BCUT2D eigenvalue weighted by Crippen LogP contribution is -2.39. The molecule has 3 amide bonds. The first kappa shape index (κ1) is 23.6. The zero-order valence-electron chi connectivity index (χ0n) is 19.5. The van der Waals surface area contributed by atoms with Gasteiger partial charge in [-0.1, -0.05) is 43.7 Å². The van der Waals surface area contributed by atoms with E-state index in [1.807, 2.05) is 43.0 Å². The van der Waals surface area contributed by atoms with Crippen LogP contribution in [0.25, 0.3) is 11.1 Å². The standard InChI is InChI=1S/C25H34N4O3/c1-16(2)14-21-20(15-26-25(31)32)22(19-10-8-17(3)9-11-19)23(18(4)27-21)28-24(30)29-12-6-5-7-13-29/h8-11,16,26H,5-7,12-15H2,1-4H3,(H,28,30)(H,31,32). The van der Waals surface area contributed by atoms with Gasteiger partial charge < -0.3 is 20.6 Å². The van der Waals surface area contributed by atoms with Crippen LogP contribution in [0.5, 0.6) is 0 Å². The number of anilines is 1. The Kier molecular flexibility index (Phi) is 7.72. The highest BCUT2D eigenvalue weighted by molar-refractivity contribution is 5.96. The number of amides is 3. The van der Waals surface area contributed by atoms with Crippen LogP contribution in [0.1, 0.15) is 55.6 Å². The van der Waals surface area contributed by atoms with E-state index in [-0.39, 0.29) is 12.6 Å². The second-order valence-corrected chi connectivity index (χ2v) is 8.97. The number of aryl methyl sites for hydroxylation is 2. The van der Waals surface area contributed by atoms with Gasteiger partial charge in [-0.05, 0) is 51.0 Å².